The first-order valence-electron chi connectivity index (χ1n) is 5.82. The molecular weight excluding hydrogens is 218 g/mol. The van der Waals surface area contributed by atoms with Crippen LogP contribution in [0.4, 0.5) is 0 Å². The van der Waals surface area contributed by atoms with Gasteiger partial charge in [-0.1, -0.05) is 0 Å². The molecule has 1 N–H and O–H groups in total. The van der Waals surface area contributed by atoms with Gasteiger partial charge in [0.25, 0.3) is 5.91 Å². The number of likely N-dealkylation sites (tertiary alicyclic amines) is 1. The summed E-state index contributed by atoms with van der Waals surface area (Å²) in [4.78, 5) is 13.9. The van der Waals surface area contributed by atoms with Crippen molar-refractivity contribution in [3.05, 3.63) is 29.8 Å². The molecule has 2 rings (SSSR count). The molecule has 0 bridgehead atoms. The molecule has 4 heteroatoms. The summed E-state index contributed by atoms with van der Waals surface area (Å²) in [6, 6.07) is 7.04. The van der Waals surface area contributed by atoms with Crippen LogP contribution in [0.1, 0.15) is 23.2 Å². The van der Waals surface area contributed by atoms with E-state index < -0.39 is 0 Å². The van der Waals surface area contributed by atoms with Gasteiger partial charge in [-0.2, -0.15) is 0 Å². The van der Waals surface area contributed by atoms with Gasteiger partial charge in [-0.05, 0) is 37.1 Å². The molecule has 4 nitrogen and oxygen atoms in total. The third-order valence-electron chi connectivity index (χ3n) is 3.19. The Labute approximate surface area is 101 Å². The molecule has 92 valence electrons. The van der Waals surface area contributed by atoms with Crippen molar-refractivity contribution >= 4 is 5.91 Å². The summed E-state index contributed by atoms with van der Waals surface area (Å²) < 4.78 is 5.05. The summed E-state index contributed by atoms with van der Waals surface area (Å²) in [6.07, 6.45) is 1.85. The molecule has 0 aliphatic carbocycles. The molecule has 1 fully saturated rings. The molecule has 1 unspecified atom stereocenters. The molecule has 1 atom stereocenters. The van der Waals surface area contributed by atoms with Crippen LogP contribution in [0.15, 0.2) is 24.3 Å². The Kier molecular flexibility index (Phi) is 3.64. The minimum atomic E-state index is -0.0235. The lowest BCUT2D eigenvalue weighted by Crippen LogP contribution is -2.37. The molecule has 17 heavy (non-hydrogen) atoms. The number of benzene rings is 1. The van der Waals surface area contributed by atoms with E-state index in [9.17, 15) is 9.90 Å². The molecule has 1 aromatic rings. The number of rotatable bonds is 3. The number of amides is 1. The Balaban J connectivity index is 2.13. The predicted molar refractivity (Wildman–Crippen MR) is 64.1 cm³/mol. The van der Waals surface area contributed by atoms with Crippen LogP contribution < -0.4 is 4.74 Å². The van der Waals surface area contributed by atoms with E-state index in [2.05, 4.69) is 0 Å². The summed E-state index contributed by atoms with van der Waals surface area (Å²) in [5.74, 6) is 0.728. The largest absolute Gasteiger partial charge is 0.497 e. The van der Waals surface area contributed by atoms with Crippen molar-refractivity contribution in [3.63, 3.8) is 0 Å². The number of nitrogens with zero attached hydrogens (tertiary/aromatic N) is 1. The van der Waals surface area contributed by atoms with Crippen LogP contribution in [-0.2, 0) is 0 Å². The Bertz CT molecular complexity index is 388. The lowest BCUT2D eigenvalue weighted by atomic mass is 10.1. The molecule has 0 aromatic heterocycles. The number of carbonyl (C=O) groups is 1. The maximum absolute atomic E-state index is 12.2. The van der Waals surface area contributed by atoms with Gasteiger partial charge in [0.2, 0.25) is 0 Å². The highest BCUT2D eigenvalue weighted by molar-refractivity contribution is 5.94. The van der Waals surface area contributed by atoms with Gasteiger partial charge < -0.3 is 14.7 Å². The van der Waals surface area contributed by atoms with Crippen molar-refractivity contribution in [2.75, 3.05) is 20.3 Å². The monoisotopic (exact) mass is 235 g/mol. The molecule has 1 aliphatic rings. The van der Waals surface area contributed by atoms with E-state index in [-0.39, 0.29) is 18.6 Å². The number of hydrogen-bond acceptors (Lipinski definition) is 3. The maximum Gasteiger partial charge on any atom is 0.254 e. The predicted octanol–water partition coefficient (Wildman–Crippen LogP) is 1.29. The summed E-state index contributed by atoms with van der Waals surface area (Å²) >= 11 is 0. The average molecular weight is 235 g/mol. The first-order chi connectivity index (χ1) is 8.26. The van der Waals surface area contributed by atoms with Crippen molar-refractivity contribution in [1.82, 2.24) is 4.90 Å². The normalized spacial score (nSPS) is 19.4. The lowest BCUT2D eigenvalue weighted by Gasteiger charge is -2.23. The van der Waals surface area contributed by atoms with Crippen molar-refractivity contribution in [2.45, 2.75) is 18.9 Å². The highest BCUT2D eigenvalue weighted by Crippen LogP contribution is 2.20. The van der Waals surface area contributed by atoms with Gasteiger partial charge >= 0.3 is 0 Å². The second kappa shape index (κ2) is 5.19. The van der Waals surface area contributed by atoms with Gasteiger partial charge in [-0.25, -0.2) is 0 Å². The molecule has 0 radical (unpaired) electrons. The zero-order valence-corrected chi connectivity index (χ0v) is 9.93. The molecule has 1 aromatic carbocycles. The fraction of sp³-hybridized carbons (Fsp3) is 0.462. The van der Waals surface area contributed by atoms with E-state index in [1.807, 2.05) is 0 Å². The zero-order valence-electron chi connectivity index (χ0n) is 9.93. The first-order valence-corrected chi connectivity index (χ1v) is 5.82. The van der Waals surface area contributed by atoms with E-state index in [4.69, 9.17) is 4.74 Å². The minimum Gasteiger partial charge on any atom is -0.497 e. The fourth-order valence-electron chi connectivity index (χ4n) is 2.19. The average Bonchev–Trinajstić information content (AvgIpc) is 2.86. The quantitative estimate of drug-likeness (QED) is 0.859. The number of aliphatic hydroxyl groups excluding tert-OH is 1. The smallest absolute Gasteiger partial charge is 0.254 e. The van der Waals surface area contributed by atoms with Crippen LogP contribution in [0.5, 0.6) is 5.75 Å². The van der Waals surface area contributed by atoms with E-state index in [1.54, 1.807) is 36.3 Å². The van der Waals surface area contributed by atoms with Gasteiger partial charge in [0.1, 0.15) is 5.75 Å². The van der Waals surface area contributed by atoms with E-state index in [0.717, 1.165) is 25.1 Å². The number of ether oxygens (including phenoxy) is 1. The second-order valence-electron chi connectivity index (χ2n) is 4.21. The number of hydrogen-bond donors (Lipinski definition) is 1. The second-order valence-corrected chi connectivity index (χ2v) is 4.21. The van der Waals surface area contributed by atoms with Gasteiger partial charge in [0.05, 0.1) is 19.8 Å². The number of methoxy groups -OCH3 is 1. The highest BCUT2D eigenvalue weighted by Gasteiger charge is 2.28. The molecular formula is C13H17NO3. The van der Waals surface area contributed by atoms with Gasteiger partial charge in [-0.3, -0.25) is 4.79 Å². The van der Waals surface area contributed by atoms with Crippen LogP contribution in [-0.4, -0.2) is 42.2 Å². The van der Waals surface area contributed by atoms with Crippen molar-refractivity contribution < 1.29 is 14.6 Å². The number of carbonyl (C=O) groups excluding carboxylic acids is 1. The molecule has 1 amide bonds. The standard InChI is InChI=1S/C13H17NO3/c1-17-12-6-4-10(5-7-12)13(16)14-8-2-3-11(14)9-15/h4-7,11,15H,2-3,8-9H2,1H3. The van der Waals surface area contributed by atoms with Crippen LogP contribution in [0, 0.1) is 0 Å². The highest BCUT2D eigenvalue weighted by atomic mass is 16.5. The Morgan fingerprint density at radius 1 is 1.47 bits per heavy atom. The summed E-state index contributed by atoms with van der Waals surface area (Å²) in [5.41, 5.74) is 0.645. The molecule has 0 spiro atoms. The fourth-order valence-corrected chi connectivity index (χ4v) is 2.19. The topological polar surface area (TPSA) is 49.8 Å². The summed E-state index contributed by atoms with van der Waals surface area (Å²) in [5, 5.41) is 9.20. The van der Waals surface area contributed by atoms with E-state index in [1.165, 1.54) is 0 Å². The van der Waals surface area contributed by atoms with Gasteiger partial charge in [0, 0.05) is 12.1 Å². The van der Waals surface area contributed by atoms with Crippen LogP contribution in [0.25, 0.3) is 0 Å². The van der Waals surface area contributed by atoms with Crippen LogP contribution in [0.2, 0.25) is 0 Å². The molecule has 1 aliphatic heterocycles. The van der Waals surface area contributed by atoms with Crippen LogP contribution >= 0.6 is 0 Å². The van der Waals surface area contributed by atoms with Crippen LogP contribution in [0.3, 0.4) is 0 Å². The van der Waals surface area contributed by atoms with Crippen molar-refractivity contribution in [2.24, 2.45) is 0 Å². The lowest BCUT2D eigenvalue weighted by molar-refractivity contribution is 0.0677. The summed E-state index contributed by atoms with van der Waals surface area (Å²) in [7, 11) is 1.60. The first kappa shape index (κ1) is 11.9. The zero-order chi connectivity index (χ0) is 12.3. The van der Waals surface area contributed by atoms with Crippen molar-refractivity contribution in [3.8, 4) is 5.75 Å². The Morgan fingerprint density at radius 2 is 2.18 bits per heavy atom. The van der Waals surface area contributed by atoms with Crippen molar-refractivity contribution in [1.29, 1.82) is 0 Å². The minimum absolute atomic E-state index is 0.01000. The third kappa shape index (κ3) is 2.42. The van der Waals surface area contributed by atoms with E-state index >= 15 is 0 Å². The SMILES string of the molecule is COc1ccc(C(=O)N2CCCC2CO)cc1. The maximum atomic E-state index is 12.2. The Hall–Kier alpha value is -1.55. The molecule has 1 saturated heterocycles. The third-order valence-corrected chi connectivity index (χ3v) is 3.19. The van der Waals surface area contributed by atoms with Gasteiger partial charge in [-0.15, -0.1) is 0 Å². The molecule has 0 saturated carbocycles. The molecule has 1 heterocycles. The Morgan fingerprint density at radius 3 is 2.76 bits per heavy atom. The number of aliphatic hydroxyl groups is 1. The van der Waals surface area contributed by atoms with Gasteiger partial charge in [0.15, 0.2) is 0 Å². The summed E-state index contributed by atoms with van der Waals surface area (Å²) in [6.45, 7) is 0.776. The van der Waals surface area contributed by atoms with E-state index in [0.29, 0.717) is 5.56 Å².